The van der Waals surface area contributed by atoms with Crippen LogP contribution < -0.4 is 5.43 Å². The monoisotopic (exact) mass is 516 g/mol. The fourth-order valence-corrected chi connectivity index (χ4v) is 6.49. The molecule has 0 aliphatic rings. The van der Waals surface area contributed by atoms with Crippen molar-refractivity contribution in [1.29, 1.82) is 0 Å². The summed E-state index contributed by atoms with van der Waals surface area (Å²) in [5.74, 6) is 0.0311. The predicted octanol–water partition coefficient (Wildman–Crippen LogP) is 7.49. The van der Waals surface area contributed by atoms with Gasteiger partial charge in [-0.1, -0.05) is 56.9 Å². The second kappa shape index (κ2) is 11.5. The van der Waals surface area contributed by atoms with Gasteiger partial charge in [-0.15, -0.1) is 22.7 Å². The number of nitrogens with zero attached hydrogens (tertiary/aromatic N) is 3. The van der Waals surface area contributed by atoms with Crippen LogP contribution in [0, 0.1) is 7.91 Å². The maximum absolute atomic E-state index is 12.8. The van der Waals surface area contributed by atoms with Crippen LogP contribution in [0.2, 0.25) is 0 Å². The maximum Gasteiger partial charge on any atom is 0.234 e. The third-order valence-corrected chi connectivity index (χ3v) is 8.42. The van der Waals surface area contributed by atoms with E-state index in [1.165, 1.54) is 19.3 Å². The van der Waals surface area contributed by atoms with Gasteiger partial charge in [0.25, 0.3) is 0 Å². The number of nitrogens with one attached hydrogen (secondary N) is 1. The molecule has 4 rings (SSSR count). The molecule has 0 saturated carbocycles. The minimum Gasteiger partial charge on any atom is -0.308 e. The number of amides is 1. The number of carbonyl (C=O) groups is 1. The summed E-state index contributed by atoms with van der Waals surface area (Å²) in [4.78, 5) is 12.8. The molecular weight excluding hydrogens is 489 g/mol. The van der Waals surface area contributed by atoms with Crippen molar-refractivity contribution in [2.75, 3.05) is 0 Å². The summed E-state index contributed by atoms with van der Waals surface area (Å²) in [6.45, 7) is 3.11. The standard InChI is InChI=1S/C24H28N4OS4/c1-2-3-4-5-6-15-22(29)25-26(16-27-18-11-7-9-13-20(18)32-23(27)30)17-28-19-12-8-10-14-21(19)33-24(28)31/h7-14H,2-6,15-17H2,1H3,(H,25,29). The topological polar surface area (TPSA) is 42.2 Å². The van der Waals surface area contributed by atoms with Gasteiger partial charge in [0.15, 0.2) is 7.91 Å². The van der Waals surface area contributed by atoms with Crippen molar-refractivity contribution in [3.63, 3.8) is 0 Å². The molecule has 2 aromatic heterocycles. The Bertz CT molecular complexity index is 1260. The summed E-state index contributed by atoms with van der Waals surface area (Å²) in [6.07, 6.45) is 6.11. The van der Waals surface area contributed by atoms with Crippen molar-refractivity contribution < 1.29 is 4.79 Å². The van der Waals surface area contributed by atoms with Crippen molar-refractivity contribution in [2.45, 2.75) is 58.8 Å². The molecule has 2 heterocycles. The van der Waals surface area contributed by atoms with E-state index in [1.54, 1.807) is 22.7 Å². The largest absolute Gasteiger partial charge is 0.308 e. The van der Waals surface area contributed by atoms with Crippen LogP contribution in [0.5, 0.6) is 0 Å². The van der Waals surface area contributed by atoms with Gasteiger partial charge in [-0.25, -0.2) is 0 Å². The molecule has 0 fully saturated rings. The summed E-state index contributed by atoms with van der Waals surface area (Å²) >= 11 is 14.5. The predicted molar refractivity (Wildman–Crippen MR) is 145 cm³/mol. The van der Waals surface area contributed by atoms with Crippen LogP contribution in [0.1, 0.15) is 45.4 Å². The Labute approximate surface area is 212 Å². The molecule has 0 radical (unpaired) electrons. The number of hydrogen-bond donors (Lipinski definition) is 1. The highest BCUT2D eigenvalue weighted by atomic mass is 32.2. The molecule has 2 aromatic carbocycles. The number of para-hydroxylation sites is 2. The number of hydrazine groups is 1. The van der Waals surface area contributed by atoms with Gasteiger partial charge in [0.2, 0.25) is 5.91 Å². The Morgan fingerprint density at radius 2 is 1.36 bits per heavy atom. The summed E-state index contributed by atoms with van der Waals surface area (Å²) in [6, 6.07) is 16.4. The average Bonchev–Trinajstić information content (AvgIpc) is 3.29. The first-order chi connectivity index (χ1) is 16.1. The molecule has 5 nitrogen and oxygen atoms in total. The first-order valence-electron chi connectivity index (χ1n) is 11.3. The van der Waals surface area contributed by atoms with Crippen molar-refractivity contribution in [3.05, 3.63) is 56.4 Å². The minimum absolute atomic E-state index is 0.0311. The van der Waals surface area contributed by atoms with E-state index in [9.17, 15) is 4.79 Å². The molecule has 174 valence electrons. The van der Waals surface area contributed by atoms with Crippen molar-refractivity contribution in [3.8, 4) is 0 Å². The molecule has 0 unspecified atom stereocenters. The number of thiazole rings is 2. The highest BCUT2D eigenvalue weighted by Crippen LogP contribution is 2.25. The van der Waals surface area contributed by atoms with Crippen LogP contribution in [0.4, 0.5) is 0 Å². The number of carbonyl (C=O) groups excluding carboxylic acids is 1. The summed E-state index contributed by atoms with van der Waals surface area (Å²) in [7, 11) is 0. The third kappa shape index (κ3) is 5.96. The molecule has 0 aliphatic heterocycles. The minimum atomic E-state index is 0.0311. The quantitative estimate of drug-likeness (QED) is 0.127. The molecule has 1 amide bonds. The van der Waals surface area contributed by atoms with Gasteiger partial charge in [0, 0.05) is 6.42 Å². The number of rotatable bonds is 11. The van der Waals surface area contributed by atoms with Gasteiger partial charge in [-0.05, 0) is 55.1 Å². The van der Waals surface area contributed by atoms with Crippen LogP contribution >= 0.6 is 47.1 Å². The molecule has 0 bridgehead atoms. The Morgan fingerprint density at radius 3 is 1.91 bits per heavy atom. The Hall–Kier alpha value is -1.91. The Morgan fingerprint density at radius 1 is 0.848 bits per heavy atom. The zero-order valence-corrected chi connectivity index (χ0v) is 21.9. The second-order valence-electron chi connectivity index (χ2n) is 8.05. The zero-order chi connectivity index (χ0) is 23.2. The fourth-order valence-electron chi connectivity index (χ4n) is 3.87. The van der Waals surface area contributed by atoms with Crippen molar-refractivity contribution in [1.82, 2.24) is 19.6 Å². The first-order valence-corrected chi connectivity index (χ1v) is 13.7. The lowest BCUT2D eigenvalue weighted by Crippen LogP contribution is -2.44. The van der Waals surface area contributed by atoms with Gasteiger partial charge in [0.05, 0.1) is 33.8 Å². The van der Waals surface area contributed by atoms with E-state index in [-0.39, 0.29) is 5.91 Å². The average molecular weight is 517 g/mol. The van der Waals surface area contributed by atoms with E-state index in [2.05, 4.69) is 45.7 Å². The molecule has 4 aromatic rings. The van der Waals surface area contributed by atoms with E-state index in [1.807, 2.05) is 29.3 Å². The van der Waals surface area contributed by atoms with Gasteiger partial charge in [-0.2, -0.15) is 5.01 Å². The van der Waals surface area contributed by atoms with Crippen molar-refractivity contribution >= 4 is 73.4 Å². The number of fused-ring (bicyclic) bond motifs is 2. The van der Waals surface area contributed by atoms with Crippen LogP contribution in [-0.2, 0) is 18.1 Å². The summed E-state index contributed by atoms with van der Waals surface area (Å²) < 4.78 is 8.01. The van der Waals surface area contributed by atoms with Crippen molar-refractivity contribution in [2.24, 2.45) is 0 Å². The molecule has 1 N–H and O–H groups in total. The molecular formula is C24H28N4OS4. The lowest BCUT2D eigenvalue weighted by molar-refractivity contribution is -0.127. The lowest BCUT2D eigenvalue weighted by Gasteiger charge is -2.25. The van der Waals surface area contributed by atoms with Crippen LogP contribution in [0.25, 0.3) is 20.4 Å². The number of benzene rings is 2. The second-order valence-corrected chi connectivity index (χ2v) is 11.4. The van der Waals surface area contributed by atoms with Crippen LogP contribution in [-0.4, -0.2) is 20.1 Å². The maximum atomic E-state index is 12.8. The third-order valence-electron chi connectivity index (χ3n) is 5.56. The normalized spacial score (nSPS) is 11.6. The smallest absolute Gasteiger partial charge is 0.234 e. The zero-order valence-electron chi connectivity index (χ0n) is 18.7. The molecule has 9 heteroatoms. The van der Waals surface area contributed by atoms with E-state index in [0.717, 1.165) is 41.2 Å². The summed E-state index contributed by atoms with van der Waals surface area (Å²) in [5.41, 5.74) is 5.29. The Kier molecular flexibility index (Phi) is 8.43. The van der Waals surface area contributed by atoms with Crippen LogP contribution in [0.3, 0.4) is 0 Å². The van der Waals surface area contributed by atoms with Gasteiger partial charge in [0.1, 0.15) is 0 Å². The van der Waals surface area contributed by atoms with Gasteiger partial charge in [-0.3, -0.25) is 10.2 Å². The van der Waals surface area contributed by atoms with Gasteiger partial charge >= 0.3 is 0 Å². The Balaban J connectivity index is 1.57. The lowest BCUT2D eigenvalue weighted by atomic mass is 10.1. The first kappa shape index (κ1) is 24.2. The number of hydrogen-bond acceptors (Lipinski definition) is 6. The number of aromatic nitrogens is 2. The SMILES string of the molecule is CCCCCCCC(=O)NN(Cn1c(=S)sc2ccccc21)Cn1c(=S)sc2ccccc21. The molecule has 0 saturated heterocycles. The van der Waals surface area contributed by atoms with E-state index >= 15 is 0 Å². The van der Waals surface area contributed by atoms with Crippen LogP contribution in [0.15, 0.2) is 48.5 Å². The molecule has 0 atom stereocenters. The van der Waals surface area contributed by atoms with E-state index in [4.69, 9.17) is 24.4 Å². The van der Waals surface area contributed by atoms with E-state index in [0.29, 0.717) is 19.8 Å². The molecule has 33 heavy (non-hydrogen) atoms. The summed E-state index contributed by atoms with van der Waals surface area (Å²) in [5, 5.41) is 1.93. The van der Waals surface area contributed by atoms with E-state index < -0.39 is 0 Å². The fraction of sp³-hybridized carbons (Fsp3) is 0.375. The highest BCUT2D eigenvalue weighted by Gasteiger charge is 2.16. The molecule has 0 aliphatic carbocycles. The molecule has 0 spiro atoms. The van der Waals surface area contributed by atoms with Gasteiger partial charge < -0.3 is 9.13 Å². The number of unbranched alkanes of at least 4 members (excludes halogenated alkanes) is 4. The highest BCUT2D eigenvalue weighted by molar-refractivity contribution is 7.74.